The lowest BCUT2D eigenvalue weighted by Crippen LogP contribution is -2.24. The fraction of sp³-hybridized carbons (Fsp3) is 0.562. The standard InChI is InChI=1S/C7H10O2.C5H8O.C4H6O3/c1-5-7(3,4)9-6(2)8;1-4-5(2,3)6;1-3(5)7-4(2)6/h1H,2-4H3;1,6H,2-3H3;1-2H3. The van der Waals surface area contributed by atoms with Crippen molar-refractivity contribution in [3.63, 3.8) is 0 Å². The van der Waals surface area contributed by atoms with Crippen molar-refractivity contribution in [1.82, 2.24) is 0 Å². The van der Waals surface area contributed by atoms with Crippen molar-refractivity contribution in [1.29, 1.82) is 0 Å². The summed E-state index contributed by atoms with van der Waals surface area (Å²) in [4.78, 5) is 29.9. The summed E-state index contributed by atoms with van der Waals surface area (Å²) in [5, 5.41) is 8.59. The van der Waals surface area contributed by atoms with E-state index in [1.807, 2.05) is 0 Å². The SMILES string of the molecule is C#CC(C)(C)O.C#CC(C)(C)OC(C)=O.CC(=O)OC(C)=O. The molecule has 0 aliphatic carbocycles. The summed E-state index contributed by atoms with van der Waals surface area (Å²) in [6.45, 7) is 10.1. The van der Waals surface area contributed by atoms with Crippen molar-refractivity contribution in [2.75, 3.05) is 0 Å². The second kappa shape index (κ2) is 11.4. The van der Waals surface area contributed by atoms with E-state index in [0.717, 1.165) is 0 Å². The number of carbonyl (C=O) groups is 3. The van der Waals surface area contributed by atoms with Gasteiger partial charge in [-0.2, -0.15) is 0 Å². The summed E-state index contributed by atoms with van der Waals surface area (Å²) in [7, 11) is 0. The molecule has 0 aliphatic rings. The third-order valence-electron chi connectivity index (χ3n) is 1.39. The molecule has 6 heteroatoms. The van der Waals surface area contributed by atoms with E-state index in [4.69, 9.17) is 22.7 Å². The fourth-order valence-electron chi connectivity index (χ4n) is 0.591. The molecule has 0 aliphatic heterocycles. The fourth-order valence-corrected chi connectivity index (χ4v) is 0.591. The molecule has 0 rings (SSSR count). The monoisotopic (exact) mass is 312 g/mol. The van der Waals surface area contributed by atoms with Crippen molar-refractivity contribution in [3.8, 4) is 24.7 Å². The maximum Gasteiger partial charge on any atom is 0.310 e. The quantitative estimate of drug-likeness (QED) is 0.448. The Balaban J connectivity index is -0.000000252. The van der Waals surface area contributed by atoms with Gasteiger partial charge in [0.05, 0.1) is 0 Å². The summed E-state index contributed by atoms with van der Waals surface area (Å²) in [6, 6.07) is 0. The Morgan fingerprint density at radius 3 is 1.23 bits per heavy atom. The molecule has 0 bridgehead atoms. The molecule has 6 nitrogen and oxygen atoms in total. The normalized spacial score (nSPS) is 9.36. The Labute approximate surface area is 132 Å². The van der Waals surface area contributed by atoms with Gasteiger partial charge in [-0.1, -0.05) is 11.8 Å². The molecular formula is C16H24O6. The average molecular weight is 312 g/mol. The Morgan fingerprint density at radius 2 is 1.18 bits per heavy atom. The van der Waals surface area contributed by atoms with Gasteiger partial charge in [-0.25, -0.2) is 0 Å². The number of carbonyl (C=O) groups excluding carboxylic acids is 3. The van der Waals surface area contributed by atoms with E-state index in [1.54, 1.807) is 27.7 Å². The molecule has 0 aromatic carbocycles. The average Bonchev–Trinajstić information content (AvgIpc) is 2.26. The van der Waals surface area contributed by atoms with Crippen LogP contribution in [-0.2, 0) is 23.9 Å². The number of ether oxygens (including phenoxy) is 2. The first kappa shape index (κ1) is 24.7. The molecule has 0 aromatic rings. The van der Waals surface area contributed by atoms with Gasteiger partial charge in [0.2, 0.25) is 0 Å². The lowest BCUT2D eigenvalue weighted by molar-refractivity contribution is -0.156. The van der Waals surface area contributed by atoms with Gasteiger partial charge in [0.25, 0.3) is 0 Å². The highest BCUT2D eigenvalue weighted by Crippen LogP contribution is 2.05. The van der Waals surface area contributed by atoms with E-state index >= 15 is 0 Å². The lowest BCUT2D eigenvalue weighted by Gasteiger charge is -2.16. The Kier molecular flexibility index (Phi) is 12.8. The van der Waals surface area contributed by atoms with E-state index in [1.165, 1.54) is 20.8 Å². The molecule has 0 heterocycles. The smallest absolute Gasteiger partial charge is 0.310 e. The summed E-state index contributed by atoms with van der Waals surface area (Å²) >= 11 is 0. The van der Waals surface area contributed by atoms with Crippen LogP contribution in [0.25, 0.3) is 0 Å². The van der Waals surface area contributed by atoms with Crippen LogP contribution in [-0.4, -0.2) is 34.2 Å². The minimum absolute atomic E-state index is 0.349. The van der Waals surface area contributed by atoms with Crippen molar-refractivity contribution >= 4 is 17.9 Å². The van der Waals surface area contributed by atoms with Crippen LogP contribution in [0.15, 0.2) is 0 Å². The number of terminal acetylenes is 2. The molecule has 22 heavy (non-hydrogen) atoms. The summed E-state index contributed by atoms with van der Waals surface area (Å²) < 4.78 is 8.68. The first-order valence-electron chi connectivity index (χ1n) is 6.23. The first-order chi connectivity index (χ1) is 9.66. The Bertz CT molecular complexity index is 442. The van der Waals surface area contributed by atoms with Crippen LogP contribution in [0, 0.1) is 24.7 Å². The lowest BCUT2D eigenvalue weighted by atomic mass is 10.1. The topological polar surface area (TPSA) is 89.9 Å². The zero-order valence-corrected chi connectivity index (χ0v) is 14.1. The molecular weight excluding hydrogens is 288 g/mol. The summed E-state index contributed by atoms with van der Waals surface area (Å²) in [6.07, 6.45) is 9.83. The third-order valence-corrected chi connectivity index (χ3v) is 1.39. The van der Waals surface area contributed by atoms with E-state index in [0.29, 0.717) is 0 Å². The third kappa shape index (κ3) is 30.6. The van der Waals surface area contributed by atoms with Gasteiger partial charge in [-0.3, -0.25) is 14.4 Å². The molecule has 0 saturated heterocycles. The molecule has 0 radical (unpaired) electrons. The van der Waals surface area contributed by atoms with E-state index in [-0.39, 0.29) is 5.97 Å². The summed E-state index contributed by atoms with van der Waals surface area (Å²) in [5.41, 5.74) is -1.69. The minimum Gasteiger partial charge on any atom is -0.447 e. The van der Waals surface area contributed by atoms with E-state index in [2.05, 4.69) is 16.6 Å². The van der Waals surface area contributed by atoms with E-state index in [9.17, 15) is 14.4 Å². The van der Waals surface area contributed by atoms with Crippen LogP contribution < -0.4 is 0 Å². The van der Waals surface area contributed by atoms with Gasteiger partial charge in [-0.15, -0.1) is 12.8 Å². The van der Waals surface area contributed by atoms with Crippen molar-refractivity contribution < 1.29 is 29.0 Å². The second-order valence-corrected chi connectivity index (χ2v) is 5.04. The van der Waals surface area contributed by atoms with Gasteiger partial charge in [0, 0.05) is 20.8 Å². The molecule has 0 spiro atoms. The molecule has 0 amide bonds. The van der Waals surface area contributed by atoms with Gasteiger partial charge in [0.1, 0.15) is 5.60 Å². The second-order valence-electron chi connectivity index (χ2n) is 5.04. The highest BCUT2D eigenvalue weighted by Gasteiger charge is 2.15. The number of rotatable bonds is 1. The number of esters is 3. The molecule has 0 fully saturated rings. The predicted octanol–water partition coefficient (Wildman–Crippen LogP) is 1.45. The van der Waals surface area contributed by atoms with Crippen LogP contribution >= 0.6 is 0 Å². The van der Waals surface area contributed by atoms with Gasteiger partial charge < -0.3 is 14.6 Å². The van der Waals surface area contributed by atoms with Gasteiger partial charge >= 0.3 is 17.9 Å². The molecule has 124 valence electrons. The highest BCUT2D eigenvalue weighted by molar-refractivity contribution is 5.82. The molecule has 1 N–H and O–H groups in total. The summed E-state index contributed by atoms with van der Waals surface area (Å²) in [5.74, 6) is 3.02. The van der Waals surface area contributed by atoms with Crippen molar-refractivity contribution in [3.05, 3.63) is 0 Å². The zero-order valence-electron chi connectivity index (χ0n) is 14.1. The van der Waals surface area contributed by atoms with Crippen molar-refractivity contribution in [2.45, 2.75) is 59.7 Å². The maximum absolute atomic E-state index is 10.3. The first-order valence-corrected chi connectivity index (χ1v) is 6.23. The minimum atomic E-state index is -0.931. The maximum atomic E-state index is 10.3. The van der Waals surface area contributed by atoms with E-state index < -0.39 is 23.1 Å². The van der Waals surface area contributed by atoms with Crippen LogP contribution in [0.3, 0.4) is 0 Å². The Morgan fingerprint density at radius 1 is 0.864 bits per heavy atom. The molecule has 0 aromatic heterocycles. The Hall–Kier alpha value is -2.31. The number of hydrogen-bond acceptors (Lipinski definition) is 6. The number of hydrogen-bond donors (Lipinski definition) is 1. The van der Waals surface area contributed by atoms with Crippen LogP contribution in [0.1, 0.15) is 48.5 Å². The van der Waals surface area contributed by atoms with Gasteiger partial charge in [-0.05, 0) is 27.7 Å². The van der Waals surface area contributed by atoms with Crippen LogP contribution in [0.2, 0.25) is 0 Å². The van der Waals surface area contributed by atoms with Gasteiger partial charge in [0.15, 0.2) is 5.60 Å². The predicted molar refractivity (Wildman–Crippen MR) is 82.3 cm³/mol. The highest BCUT2D eigenvalue weighted by atomic mass is 16.6. The number of aliphatic hydroxyl groups is 1. The molecule has 0 unspecified atom stereocenters. The zero-order chi connectivity index (χ0) is 18.6. The van der Waals surface area contributed by atoms with Crippen LogP contribution in [0.5, 0.6) is 0 Å². The van der Waals surface area contributed by atoms with Crippen LogP contribution in [0.4, 0.5) is 0 Å². The molecule has 0 atom stereocenters. The van der Waals surface area contributed by atoms with Crippen molar-refractivity contribution in [2.24, 2.45) is 0 Å². The molecule has 0 saturated carbocycles. The largest absolute Gasteiger partial charge is 0.447 e.